The molecule has 1 fully saturated rings. The molecule has 1 aromatic heterocycles. The molecule has 0 bridgehead atoms. The molecule has 1 atom stereocenters. The lowest BCUT2D eigenvalue weighted by molar-refractivity contribution is -0.146. The van der Waals surface area contributed by atoms with E-state index in [1.54, 1.807) is 11.8 Å². The molecule has 2 heterocycles. The Morgan fingerprint density at radius 3 is 2.74 bits per heavy atom. The quantitative estimate of drug-likeness (QED) is 0.899. The zero-order valence-corrected chi connectivity index (χ0v) is 10.2. The summed E-state index contributed by atoms with van der Waals surface area (Å²) >= 11 is 0. The summed E-state index contributed by atoms with van der Waals surface area (Å²) in [5.74, 6) is -0.930. The Morgan fingerprint density at radius 2 is 2.21 bits per heavy atom. The van der Waals surface area contributed by atoms with Crippen LogP contribution < -0.4 is 4.90 Å². The minimum Gasteiger partial charge on any atom is -0.481 e. The van der Waals surface area contributed by atoms with Crippen LogP contribution in [-0.2, 0) is 11.0 Å². The molecule has 0 aliphatic carbocycles. The van der Waals surface area contributed by atoms with Crippen molar-refractivity contribution in [1.29, 1.82) is 0 Å². The average molecular weight is 274 g/mol. The van der Waals surface area contributed by atoms with Crippen LogP contribution in [-0.4, -0.2) is 29.1 Å². The van der Waals surface area contributed by atoms with E-state index in [1.165, 1.54) is 6.07 Å². The molecule has 0 aromatic carbocycles. The molecule has 4 nitrogen and oxygen atoms in total. The molecule has 1 aliphatic heterocycles. The number of aliphatic carboxylic acids is 1. The van der Waals surface area contributed by atoms with Crippen molar-refractivity contribution in [3.63, 3.8) is 0 Å². The summed E-state index contributed by atoms with van der Waals surface area (Å²) in [5, 5.41) is 9.10. The number of carboxylic acid groups (broad SMARTS) is 1. The Bertz CT molecular complexity index is 504. The molecule has 0 amide bonds. The van der Waals surface area contributed by atoms with E-state index in [-0.39, 0.29) is 6.54 Å². The molecular formula is C12H13F3N2O2. The van der Waals surface area contributed by atoms with Gasteiger partial charge in [0, 0.05) is 25.0 Å². The monoisotopic (exact) mass is 274 g/mol. The van der Waals surface area contributed by atoms with Gasteiger partial charge in [0.1, 0.15) is 5.69 Å². The summed E-state index contributed by atoms with van der Waals surface area (Å²) in [5.41, 5.74) is -1.52. The van der Waals surface area contributed by atoms with E-state index in [0.29, 0.717) is 18.7 Å². The third-order valence-electron chi connectivity index (χ3n) is 3.39. The molecular weight excluding hydrogens is 261 g/mol. The van der Waals surface area contributed by atoms with Crippen molar-refractivity contribution < 1.29 is 23.1 Å². The lowest BCUT2D eigenvalue weighted by Crippen LogP contribution is -2.31. The second kappa shape index (κ2) is 4.40. The number of hydrogen-bond donors (Lipinski definition) is 1. The van der Waals surface area contributed by atoms with Crippen LogP contribution in [0.4, 0.5) is 18.9 Å². The SMILES string of the molecule is CC1(C(=O)O)CCN(c2ccnc(C(F)(F)F)c2)C1. The molecule has 0 spiro atoms. The molecule has 19 heavy (non-hydrogen) atoms. The van der Waals surface area contributed by atoms with Crippen LogP contribution in [0, 0.1) is 5.41 Å². The molecule has 2 rings (SSSR count). The number of aromatic nitrogens is 1. The van der Waals surface area contributed by atoms with Crippen LogP contribution >= 0.6 is 0 Å². The first kappa shape index (κ1) is 13.6. The van der Waals surface area contributed by atoms with Crippen molar-refractivity contribution in [2.75, 3.05) is 18.0 Å². The number of halogens is 3. The summed E-state index contributed by atoms with van der Waals surface area (Å²) in [6, 6.07) is 2.41. The van der Waals surface area contributed by atoms with E-state index >= 15 is 0 Å². The molecule has 1 aromatic rings. The number of anilines is 1. The summed E-state index contributed by atoms with van der Waals surface area (Å²) in [6.07, 6.45) is -2.99. The second-order valence-electron chi connectivity index (χ2n) is 4.93. The molecule has 104 valence electrons. The normalized spacial score (nSPS) is 23.7. The van der Waals surface area contributed by atoms with Gasteiger partial charge in [-0.15, -0.1) is 0 Å². The zero-order chi connectivity index (χ0) is 14.3. The highest BCUT2D eigenvalue weighted by Gasteiger charge is 2.41. The van der Waals surface area contributed by atoms with Gasteiger partial charge in [0.05, 0.1) is 5.41 Å². The van der Waals surface area contributed by atoms with Gasteiger partial charge < -0.3 is 10.0 Å². The summed E-state index contributed by atoms with van der Waals surface area (Å²) < 4.78 is 37.7. The fraction of sp³-hybridized carbons (Fsp3) is 0.500. The third-order valence-corrected chi connectivity index (χ3v) is 3.39. The summed E-state index contributed by atoms with van der Waals surface area (Å²) in [4.78, 5) is 16.0. The highest BCUT2D eigenvalue weighted by Crippen LogP contribution is 2.35. The van der Waals surface area contributed by atoms with Crippen molar-refractivity contribution in [3.05, 3.63) is 24.0 Å². The first-order valence-electron chi connectivity index (χ1n) is 5.74. The first-order chi connectivity index (χ1) is 8.72. The zero-order valence-electron chi connectivity index (χ0n) is 10.2. The fourth-order valence-corrected chi connectivity index (χ4v) is 2.13. The van der Waals surface area contributed by atoms with Gasteiger partial charge in [-0.25, -0.2) is 0 Å². The van der Waals surface area contributed by atoms with Crippen LogP contribution in [0.5, 0.6) is 0 Å². The van der Waals surface area contributed by atoms with E-state index in [1.807, 2.05) is 0 Å². The number of alkyl halides is 3. The predicted molar refractivity (Wildman–Crippen MR) is 61.8 cm³/mol. The van der Waals surface area contributed by atoms with E-state index in [2.05, 4.69) is 4.98 Å². The van der Waals surface area contributed by atoms with Gasteiger partial charge in [-0.1, -0.05) is 0 Å². The van der Waals surface area contributed by atoms with Gasteiger partial charge in [-0.3, -0.25) is 9.78 Å². The van der Waals surface area contributed by atoms with Crippen LogP contribution in [0.3, 0.4) is 0 Å². The molecule has 0 radical (unpaired) electrons. The van der Waals surface area contributed by atoms with Crippen molar-refractivity contribution in [2.45, 2.75) is 19.5 Å². The van der Waals surface area contributed by atoms with E-state index < -0.39 is 23.3 Å². The van der Waals surface area contributed by atoms with Crippen LogP contribution in [0.15, 0.2) is 18.3 Å². The lowest BCUT2D eigenvalue weighted by atomic mass is 9.90. The molecule has 1 N–H and O–H groups in total. The molecule has 1 unspecified atom stereocenters. The van der Waals surface area contributed by atoms with Crippen LogP contribution in [0.25, 0.3) is 0 Å². The smallest absolute Gasteiger partial charge is 0.433 e. The number of rotatable bonds is 2. The van der Waals surface area contributed by atoms with Gasteiger partial charge in [-0.05, 0) is 25.5 Å². The maximum atomic E-state index is 12.6. The van der Waals surface area contributed by atoms with Crippen molar-refractivity contribution in [3.8, 4) is 0 Å². The lowest BCUT2D eigenvalue weighted by Gasteiger charge is -2.22. The number of nitrogens with zero attached hydrogens (tertiary/aromatic N) is 2. The maximum absolute atomic E-state index is 12.6. The Balaban J connectivity index is 2.23. The molecule has 7 heteroatoms. The van der Waals surface area contributed by atoms with Crippen molar-refractivity contribution >= 4 is 11.7 Å². The molecule has 1 aliphatic rings. The molecule has 1 saturated heterocycles. The number of carbonyl (C=O) groups is 1. The van der Waals surface area contributed by atoms with Gasteiger partial charge >= 0.3 is 12.1 Å². The number of pyridine rings is 1. The van der Waals surface area contributed by atoms with Crippen LogP contribution in [0.1, 0.15) is 19.0 Å². The van der Waals surface area contributed by atoms with Crippen molar-refractivity contribution in [1.82, 2.24) is 4.98 Å². The van der Waals surface area contributed by atoms with E-state index in [0.717, 1.165) is 12.3 Å². The maximum Gasteiger partial charge on any atom is 0.433 e. The first-order valence-corrected chi connectivity index (χ1v) is 5.74. The van der Waals surface area contributed by atoms with Crippen molar-refractivity contribution in [2.24, 2.45) is 5.41 Å². The topological polar surface area (TPSA) is 53.4 Å². The van der Waals surface area contributed by atoms with E-state index in [4.69, 9.17) is 5.11 Å². The average Bonchev–Trinajstić information content (AvgIpc) is 2.73. The Hall–Kier alpha value is -1.79. The Morgan fingerprint density at radius 1 is 1.53 bits per heavy atom. The highest BCUT2D eigenvalue weighted by molar-refractivity contribution is 5.76. The number of hydrogen-bond acceptors (Lipinski definition) is 3. The minimum absolute atomic E-state index is 0.198. The third kappa shape index (κ3) is 2.64. The van der Waals surface area contributed by atoms with Gasteiger partial charge in [-0.2, -0.15) is 13.2 Å². The van der Waals surface area contributed by atoms with Gasteiger partial charge in [0.25, 0.3) is 0 Å². The van der Waals surface area contributed by atoms with Gasteiger partial charge in [0.2, 0.25) is 0 Å². The van der Waals surface area contributed by atoms with Crippen LogP contribution in [0.2, 0.25) is 0 Å². The standard InChI is InChI=1S/C12H13F3N2O2/c1-11(10(18)19)3-5-17(7-11)8-2-4-16-9(6-8)12(13,14)15/h2,4,6H,3,5,7H2,1H3,(H,18,19). The highest BCUT2D eigenvalue weighted by atomic mass is 19.4. The van der Waals surface area contributed by atoms with Gasteiger partial charge in [0.15, 0.2) is 0 Å². The molecule has 0 saturated carbocycles. The summed E-state index contributed by atoms with van der Waals surface area (Å²) in [6.45, 7) is 2.22. The number of carboxylic acids is 1. The Kier molecular flexibility index (Phi) is 3.15. The van der Waals surface area contributed by atoms with E-state index in [9.17, 15) is 18.0 Å². The summed E-state index contributed by atoms with van der Waals surface area (Å²) in [7, 11) is 0. The predicted octanol–water partition coefficient (Wildman–Crippen LogP) is 2.40. The fourth-order valence-electron chi connectivity index (χ4n) is 2.13. The minimum atomic E-state index is -4.49. The second-order valence-corrected chi connectivity index (χ2v) is 4.93. The Labute approximate surface area is 107 Å². The largest absolute Gasteiger partial charge is 0.481 e.